The van der Waals surface area contributed by atoms with Crippen LogP contribution in [-0.2, 0) is 0 Å². The Kier molecular flexibility index (Phi) is 5.05. The zero-order valence-electron chi connectivity index (χ0n) is 9.86. The fourth-order valence-electron chi connectivity index (χ4n) is 1.41. The van der Waals surface area contributed by atoms with Gasteiger partial charge in [0.25, 0.3) is 0 Å². The van der Waals surface area contributed by atoms with E-state index < -0.39 is 5.63 Å². The molecule has 0 saturated heterocycles. The van der Waals surface area contributed by atoms with Crippen LogP contribution in [0.1, 0.15) is 44.9 Å². The van der Waals surface area contributed by atoms with Crippen LogP contribution in [0.4, 0.5) is 0 Å². The highest BCUT2D eigenvalue weighted by atomic mass is 16.5. The summed E-state index contributed by atoms with van der Waals surface area (Å²) < 4.78 is 10.4. The second-order valence-electron chi connectivity index (χ2n) is 3.76. The van der Waals surface area contributed by atoms with Crippen molar-refractivity contribution in [1.29, 1.82) is 0 Å². The zero-order valence-corrected chi connectivity index (χ0v) is 9.86. The zero-order chi connectivity index (χ0) is 12.0. The van der Waals surface area contributed by atoms with Gasteiger partial charge in [-0.05, 0) is 12.8 Å². The van der Waals surface area contributed by atoms with Gasteiger partial charge in [-0.1, -0.05) is 20.3 Å². The maximum atomic E-state index is 11.3. The van der Waals surface area contributed by atoms with Crippen LogP contribution >= 0.6 is 0 Å². The molecule has 0 unspecified atom stereocenters. The Morgan fingerprint density at radius 3 is 2.75 bits per heavy atom. The maximum absolute atomic E-state index is 11.3. The third kappa shape index (κ3) is 3.70. The molecule has 0 radical (unpaired) electrons. The van der Waals surface area contributed by atoms with Gasteiger partial charge in [-0.3, -0.25) is 0 Å². The van der Waals surface area contributed by atoms with Crippen molar-refractivity contribution >= 4 is 0 Å². The van der Waals surface area contributed by atoms with E-state index in [2.05, 4.69) is 0 Å². The van der Waals surface area contributed by atoms with Gasteiger partial charge in [0.1, 0.15) is 11.5 Å². The van der Waals surface area contributed by atoms with E-state index in [1.807, 2.05) is 13.8 Å². The summed E-state index contributed by atoms with van der Waals surface area (Å²) in [6.45, 7) is 4.64. The highest BCUT2D eigenvalue weighted by Crippen LogP contribution is 2.18. The van der Waals surface area contributed by atoms with E-state index in [9.17, 15) is 4.79 Å². The predicted octanol–water partition coefficient (Wildman–Crippen LogP) is 2.23. The number of ether oxygens (including phenoxy) is 1. The lowest BCUT2D eigenvalue weighted by atomic mass is 10.1. The monoisotopic (exact) mass is 225 g/mol. The molecule has 16 heavy (non-hydrogen) atoms. The summed E-state index contributed by atoms with van der Waals surface area (Å²) in [7, 11) is 0. The van der Waals surface area contributed by atoms with Crippen molar-refractivity contribution in [1.82, 2.24) is 0 Å². The maximum Gasteiger partial charge on any atom is 0.339 e. The van der Waals surface area contributed by atoms with Gasteiger partial charge in [0.05, 0.1) is 18.7 Å². The summed E-state index contributed by atoms with van der Waals surface area (Å²) in [4.78, 5) is 11.3. The van der Waals surface area contributed by atoms with Gasteiger partial charge in [-0.25, -0.2) is 4.79 Å². The smallest absolute Gasteiger partial charge is 0.339 e. The molecule has 1 atom stereocenters. The molecule has 4 heteroatoms. The van der Waals surface area contributed by atoms with Crippen molar-refractivity contribution in [3.8, 4) is 5.75 Å². The van der Waals surface area contributed by atoms with Gasteiger partial charge in [0.15, 0.2) is 0 Å². The fourth-order valence-corrected chi connectivity index (χ4v) is 1.41. The van der Waals surface area contributed by atoms with Crippen LogP contribution in [0.15, 0.2) is 21.3 Å². The number of hydrogen-bond acceptors (Lipinski definition) is 4. The summed E-state index contributed by atoms with van der Waals surface area (Å²) in [6.07, 6.45) is 2.64. The second kappa shape index (κ2) is 6.33. The predicted molar refractivity (Wildman–Crippen MR) is 62.6 cm³/mol. The van der Waals surface area contributed by atoms with Crippen LogP contribution in [-0.4, -0.2) is 6.61 Å². The van der Waals surface area contributed by atoms with Crippen LogP contribution in [0, 0.1) is 0 Å². The Bertz CT molecular complexity index is 373. The summed E-state index contributed by atoms with van der Waals surface area (Å²) in [6, 6.07) is 2.82. The molecule has 90 valence electrons. The average Bonchev–Trinajstić information content (AvgIpc) is 2.26. The Balaban J connectivity index is 2.84. The molecule has 1 rings (SSSR count). The Hall–Kier alpha value is -1.29. The van der Waals surface area contributed by atoms with Crippen molar-refractivity contribution < 1.29 is 9.15 Å². The van der Waals surface area contributed by atoms with E-state index in [4.69, 9.17) is 14.9 Å². The van der Waals surface area contributed by atoms with Gasteiger partial charge >= 0.3 is 5.63 Å². The average molecular weight is 225 g/mol. The van der Waals surface area contributed by atoms with Crippen LogP contribution < -0.4 is 16.1 Å². The summed E-state index contributed by atoms with van der Waals surface area (Å²) in [5.74, 6) is 1.04. The van der Waals surface area contributed by atoms with Crippen molar-refractivity contribution in [2.45, 2.75) is 39.2 Å². The van der Waals surface area contributed by atoms with Crippen LogP contribution in [0.5, 0.6) is 5.75 Å². The number of hydrogen-bond donors (Lipinski definition) is 1. The van der Waals surface area contributed by atoms with Crippen LogP contribution in [0.3, 0.4) is 0 Å². The van der Waals surface area contributed by atoms with Gasteiger partial charge in [0, 0.05) is 6.07 Å². The molecule has 0 aliphatic rings. The molecule has 1 aromatic heterocycles. The van der Waals surface area contributed by atoms with E-state index in [0.29, 0.717) is 18.1 Å². The van der Waals surface area contributed by atoms with Crippen molar-refractivity contribution in [2.75, 3.05) is 6.61 Å². The molecule has 0 bridgehead atoms. The van der Waals surface area contributed by atoms with Gasteiger partial charge in [0.2, 0.25) is 0 Å². The minimum Gasteiger partial charge on any atom is -0.493 e. The topological polar surface area (TPSA) is 65.5 Å². The molecule has 0 spiro atoms. The minimum absolute atomic E-state index is 0.233. The molecule has 4 nitrogen and oxygen atoms in total. The van der Waals surface area contributed by atoms with E-state index in [1.54, 1.807) is 6.07 Å². The molecule has 1 heterocycles. The van der Waals surface area contributed by atoms with Crippen LogP contribution in [0.25, 0.3) is 0 Å². The molecular formula is C12H19NO3. The van der Waals surface area contributed by atoms with E-state index in [1.165, 1.54) is 6.07 Å². The first-order chi connectivity index (χ1) is 7.67. The standard InChI is InChI=1S/C12H19NO3/c1-3-5-10(13)11-7-9(15-6-4-2)8-12(14)16-11/h7-8,10H,3-6,13H2,1-2H3/t10-/m1/s1. The van der Waals surface area contributed by atoms with Gasteiger partial charge in [-0.15, -0.1) is 0 Å². The Labute approximate surface area is 95.4 Å². The summed E-state index contributed by atoms with van der Waals surface area (Å²) >= 11 is 0. The lowest BCUT2D eigenvalue weighted by Gasteiger charge is -2.10. The minimum atomic E-state index is -0.407. The number of nitrogens with two attached hydrogens (primary N) is 1. The Morgan fingerprint density at radius 1 is 1.38 bits per heavy atom. The third-order valence-corrected chi connectivity index (χ3v) is 2.20. The Morgan fingerprint density at radius 2 is 2.12 bits per heavy atom. The molecule has 1 aromatic rings. The molecule has 0 saturated carbocycles. The largest absolute Gasteiger partial charge is 0.493 e. The van der Waals surface area contributed by atoms with Crippen molar-refractivity contribution in [3.05, 3.63) is 28.3 Å². The van der Waals surface area contributed by atoms with E-state index in [-0.39, 0.29) is 6.04 Å². The molecule has 0 aliphatic carbocycles. The number of rotatable bonds is 6. The molecule has 0 fully saturated rings. The first-order valence-corrected chi connectivity index (χ1v) is 5.70. The quantitative estimate of drug-likeness (QED) is 0.806. The lowest BCUT2D eigenvalue weighted by Crippen LogP contribution is -2.13. The first-order valence-electron chi connectivity index (χ1n) is 5.70. The van der Waals surface area contributed by atoms with E-state index >= 15 is 0 Å². The normalized spacial score (nSPS) is 12.4. The van der Waals surface area contributed by atoms with Gasteiger partial charge < -0.3 is 14.9 Å². The summed E-state index contributed by atoms with van der Waals surface area (Å²) in [5.41, 5.74) is 5.48. The molecule has 2 N–H and O–H groups in total. The summed E-state index contributed by atoms with van der Waals surface area (Å²) in [5, 5.41) is 0. The molecule has 0 aliphatic heterocycles. The molecule has 0 amide bonds. The lowest BCUT2D eigenvalue weighted by molar-refractivity contribution is 0.307. The fraction of sp³-hybridized carbons (Fsp3) is 0.583. The second-order valence-corrected chi connectivity index (χ2v) is 3.76. The van der Waals surface area contributed by atoms with Crippen molar-refractivity contribution in [3.63, 3.8) is 0 Å². The highest BCUT2D eigenvalue weighted by molar-refractivity contribution is 5.22. The van der Waals surface area contributed by atoms with Crippen molar-refractivity contribution in [2.24, 2.45) is 5.73 Å². The SMILES string of the molecule is CCCOc1cc([C@H](N)CCC)oc(=O)c1. The molecule has 0 aromatic carbocycles. The third-order valence-electron chi connectivity index (χ3n) is 2.20. The van der Waals surface area contributed by atoms with E-state index in [0.717, 1.165) is 19.3 Å². The van der Waals surface area contributed by atoms with Gasteiger partial charge in [-0.2, -0.15) is 0 Å². The highest BCUT2D eigenvalue weighted by Gasteiger charge is 2.10. The first kappa shape index (κ1) is 12.8. The van der Waals surface area contributed by atoms with Crippen LogP contribution in [0.2, 0.25) is 0 Å². The molecular weight excluding hydrogens is 206 g/mol.